The molecule has 9 nitrogen and oxygen atoms in total. The maximum absolute atomic E-state index is 15.4. The van der Waals surface area contributed by atoms with Crippen LogP contribution in [-0.4, -0.2) is 51.4 Å². The number of fused-ring (bicyclic) bond motifs is 1. The summed E-state index contributed by atoms with van der Waals surface area (Å²) < 4.78 is 35.2. The topological polar surface area (TPSA) is 122 Å². The first kappa shape index (κ1) is 27.5. The quantitative estimate of drug-likeness (QED) is 0.272. The third-order valence-corrected chi connectivity index (χ3v) is 7.39. The first-order valence-electron chi connectivity index (χ1n) is 13.1. The molecule has 0 saturated carbocycles. The lowest BCUT2D eigenvalue weighted by molar-refractivity contribution is -0.127. The fourth-order valence-corrected chi connectivity index (χ4v) is 5.22. The van der Waals surface area contributed by atoms with Crippen LogP contribution in [0.15, 0.2) is 67.0 Å². The number of aromatic hydroxyl groups is 1. The normalized spacial score (nSPS) is 17.4. The Morgan fingerprint density at radius 3 is 2.65 bits per heavy atom. The van der Waals surface area contributed by atoms with Crippen molar-refractivity contribution >= 4 is 17.7 Å². The first-order valence-corrected chi connectivity index (χ1v) is 13.1. The summed E-state index contributed by atoms with van der Waals surface area (Å²) in [6.45, 7) is -0.274. The Kier molecular flexibility index (Phi) is 6.82. The second-order valence-electron chi connectivity index (χ2n) is 10.2. The lowest BCUT2D eigenvalue weighted by Gasteiger charge is -2.25. The molecule has 214 valence electrons. The van der Waals surface area contributed by atoms with Crippen LogP contribution >= 0.6 is 0 Å². The molecule has 3 amide bonds. The van der Waals surface area contributed by atoms with E-state index in [1.165, 1.54) is 36.3 Å². The number of hydrogen-bond acceptors (Lipinski definition) is 7. The zero-order chi connectivity index (χ0) is 30.3. The Morgan fingerprint density at radius 2 is 1.95 bits per heavy atom. The molecule has 0 aliphatic carbocycles. The Labute approximate surface area is 244 Å². The van der Waals surface area contributed by atoms with Gasteiger partial charge in [-0.1, -0.05) is 17.9 Å². The van der Waals surface area contributed by atoms with E-state index in [4.69, 9.17) is 4.74 Å². The average Bonchev–Trinajstić information content (AvgIpc) is 3.47. The Morgan fingerprint density at radius 1 is 1.12 bits per heavy atom. The van der Waals surface area contributed by atoms with Gasteiger partial charge in [-0.25, -0.2) is 13.8 Å². The van der Waals surface area contributed by atoms with Gasteiger partial charge in [-0.2, -0.15) is 0 Å². The lowest BCUT2D eigenvalue weighted by atomic mass is 9.85. The molecule has 2 aromatic carbocycles. The van der Waals surface area contributed by atoms with Gasteiger partial charge in [-0.3, -0.25) is 24.7 Å². The number of benzene rings is 2. The van der Waals surface area contributed by atoms with Crippen LogP contribution in [0, 0.1) is 28.9 Å². The zero-order valence-corrected chi connectivity index (χ0v) is 22.6. The maximum atomic E-state index is 15.4. The molecule has 2 aromatic heterocycles. The van der Waals surface area contributed by atoms with Crippen molar-refractivity contribution in [3.05, 3.63) is 95.3 Å². The number of nitrogens with zero attached hydrogens (tertiary/aromatic N) is 3. The van der Waals surface area contributed by atoms with Crippen molar-refractivity contribution in [1.82, 2.24) is 20.2 Å². The summed E-state index contributed by atoms with van der Waals surface area (Å²) >= 11 is 0. The second-order valence-corrected chi connectivity index (χ2v) is 10.2. The monoisotopic (exact) mass is 580 g/mol. The molecule has 1 atom stereocenters. The molecule has 1 saturated heterocycles. The van der Waals surface area contributed by atoms with Gasteiger partial charge in [0.1, 0.15) is 22.7 Å². The minimum absolute atomic E-state index is 0.0118. The van der Waals surface area contributed by atoms with E-state index in [1.54, 1.807) is 36.7 Å². The average molecular weight is 581 g/mol. The Hall–Kier alpha value is -5.63. The van der Waals surface area contributed by atoms with Gasteiger partial charge in [0, 0.05) is 42.2 Å². The highest BCUT2D eigenvalue weighted by Gasteiger charge is 2.49. The molecule has 0 radical (unpaired) electrons. The van der Waals surface area contributed by atoms with Gasteiger partial charge in [-0.05, 0) is 54.1 Å². The van der Waals surface area contributed by atoms with Crippen molar-refractivity contribution in [1.29, 1.82) is 0 Å². The predicted octanol–water partition coefficient (Wildman–Crippen LogP) is 3.84. The largest absolute Gasteiger partial charge is 0.506 e. The van der Waals surface area contributed by atoms with Crippen LogP contribution in [-0.2, 0) is 16.1 Å². The lowest BCUT2D eigenvalue weighted by Crippen LogP contribution is -2.42. The van der Waals surface area contributed by atoms with Crippen LogP contribution in [0.4, 0.5) is 8.78 Å². The van der Waals surface area contributed by atoms with Crippen molar-refractivity contribution in [2.45, 2.75) is 13.0 Å². The van der Waals surface area contributed by atoms with Gasteiger partial charge in [0.15, 0.2) is 11.6 Å². The molecular formula is C32H22F2N4O5. The summed E-state index contributed by atoms with van der Waals surface area (Å²) in [6.07, 6.45) is 2.88. The highest BCUT2D eigenvalue weighted by atomic mass is 19.1. The minimum Gasteiger partial charge on any atom is -0.506 e. The molecule has 2 aliphatic rings. The number of hydrogen-bond donors (Lipinski definition) is 2. The molecule has 2 N–H and O–H groups in total. The number of rotatable bonds is 5. The van der Waals surface area contributed by atoms with Crippen molar-refractivity contribution in [2.75, 3.05) is 13.7 Å². The zero-order valence-electron chi connectivity index (χ0n) is 22.6. The third-order valence-electron chi connectivity index (χ3n) is 7.39. The van der Waals surface area contributed by atoms with Crippen molar-refractivity contribution in [3.8, 4) is 45.9 Å². The summed E-state index contributed by atoms with van der Waals surface area (Å²) in [7, 11) is 1.29. The Balaban J connectivity index is 1.30. The molecule has 43 heavy (non-hydrogen) atoms. The first-order chi connectivity index (χ1) is 20.7. The van der Waals surface area contributed by atoms with Crippen LogP contribution in [0.5, 0.6) is 11.5 Å². The standard InChI is InChI=1S/C32H22F2N4O5/c1-43-25-9-5-20-16-38(30(41)27(20)28(25)34)17-32(14-26(40)37-31(32)42)11-10-18-4-6-21(22(33)13-18)29-24(39)8-7-23(36-29)19-3-2-12-35-15-19/h2-9,12-13,15,39H,14,16-17H2,1H3,(H,37,40,42)/t32-/m1/s1. The number of ether oxygens (including phenoxy) is 1. The summed E-state index contributed by atoms with van der Waals surface area (Å²) in [6, 6.07) is 13.5. The van der Waals surface area contributed by atoms with Gasteiger partial charge in [0.05, 0.1) is 24.8 Å². The number of carbonyl (C=O) groups excluding carboxylic acids is 3. The van der Waals surface area contributed by atoms with Crippen LogP contribution < -0.4 is 10.1 Å². The number of pyridine rings is 2. The minimum atomic E-state index is -1.64. The van der Waals surface area contributed by atoms with Crippen molar-refractivity contribution in [3.63, 3.8) is 0 Å². The number of halogens is 2. The van der Waals surface area contributed by atoms with Crippen molar-refractivity contribution < 1.29 is 33.0 Å². The Bertz CT molecular complexity index is 1890. The summed E-state index contributed by atoms with van der Waals surface area (Å²) in [5.41, 5.74) is 0.0158. The highest BCUT2D eigenvalue weighted by molar-refractivity contribution is 6.08. The summed E-state index contributed by atoms with van der Waals surface area (Å²) in [5, 5.41) is 12.6. The van der Waals surface area contributed by atoms with Gasteiger partial charge < -0.3 is 14.7 Å². The van der Waals surface area contributed by atoms with E-state index in [2.05, 4.69) is 27.1 Å². The predicted molar refractivity (Wildman–Crippen MR) is 149 cm³/mol. The van der Waals surface area contributed by atoms with Crippen LogP contribution in [0.3, 0.4) is 0 Å². The van der Waals surface area contributed by atoms with E-state index in [9.17, 15) is 23.9 Å². The summed E-state index contributed by atoms with van der Waals surface area (Å²) in [5.74, 6) is 1.78. The molecular weight excluding hydrogens is 558 g/mol. The fraction of sp³-hybridized carbons (Fsp3) is 0.156. The SMILES string of the molecule is COc1ccc2c(c1F)C(=O)N(C[C@@]1(C#Cc3ccc(-c4nc(-c5cccnc5)ccc4O)c(F)c3)CC(=O)NC1=O)C2. The maximum Gasteiger partial charge on any atom is 0.257 e. The van der Waals surface area contributed by atoms with Crippen molar-refractivity contribution in [2.24, 2.45) is 5.41 Å². The number of aromatic nitrogens is 2. The van der Waals surface area contributed by atoms with E-state index >= 15 is 4.39 Å². The summed E-state index contributed by atoms with van der Waals surface area (Å²) in [4.78, 5) is 48.1. The van der Waals surface area contributed by atoms with Crippen LogP contribution in [0.1, 0.15) is 27.9 Å². The van der Waals surface area contributed by atoms with Gasteiger partial charge in [-0.15, -0.1) is 0 Å². The van der Waals surface area contributed by atoms with E-state index in [0.29, 0.717) is 16.8 Å². The van der Waals surface area contributed by atoms with Gasteiger partial charge >= 0.3 is 0 Å². The highest BCUT2D eigenvalue weighted by Crippen LogP contribution is 2.36. The molecule has 6 rings (SSSR count). The van der Waals surface area contributed by atoms with Gasteiger partial charge in [0.2, 0.25) is 11.8 Å². The number of methoxy groups -OCH3 is 1. The van der Waals surface area contributed by atoms with Crippen LogP contribution in [0.25, 0.3) is 22.5 Å². The number of nitrogens with one attached hydrogen (secondary N) is 1. The van der Waals surface area contributed by atoms with Crippen LogP contribution in [0.2, 0.25) is 0 Å². The molecule has 1 fully saturated rings. The molecule has 0 spiro atoms. The smallest absolute Gasteiger partial charge is 0.257 e. The molecule has 0 bridgehead atoms. The number of imide groups is 1. The fourth-order valence-electron chi connectivity index (χ4n) is 5.22. The van der Waals surface area contributed by atoms with E-state index in [1.807, 2.05) is 0 Å². The third kappa shape index (κ3) is 4.93. The second kappa shape index (κ2) is 10.6. The van der Waals surface area contributed by atoms with Gasteiger partial charge in [0.25, 0.3) is 5.91 Å². The molecule has 2 aliphatic heterocycles. The molecule has 4 heterocycles. The van der Waals surface area contributed by atoms with E-state index in [0.717, 1.165) is 6.07 Å². The van der Waals surface area contributed by atoms with E-state index < -0.39 is 34.8 Å². The molecule has 11 heteroatoms. The molecule has 4 aromatic rings. The van der Waals surface area contributed by atoms with E-state index in [-0.39, 0.29) is 53.4 Å². The molecule has 0 unspecified atom stereocenters. The number of amides is 3. The number of carbonyl (C=O) groups is 3.